The van der Waals surface area contributed by atoms with Crippen molar-refractivity contribution < 1.29 is 4.79 Å². The van der Waals surface area contributed by atoms with Crippen molar-refractivity contribution in [3.05, 3.63) is 23.4 Å². The zero-order valence-corrected chi connectivity index (χ0v) is 13.6. The molecule has 1 unspecified atom stereocenters. The van der Waals surface area contributed by atoms with E-state index in [2.05, 4.69) is 29.5 Å². The topological polar surface area (TPSA) is 54.0 Å². The number of hydrogen-bond acceptors (Lipinski definition) is 3. The Kier molecular flexibility index (Phi) is 4.86. The van der Waals surface area contributed by atoms with Crippen LogP contribution in [0.5, 0.6) is 0 Å². The maximum absolute atomic E-state index is 12.6. The van der Waals surface area contributed by atoms with Crippen LogP contribution in [0.15, 0.2) is 12.1 Å². The lowest BCUT2D eigenvalue weighted by Gasteiger charge is -2.39. The van der Waals surface area contributed by atoms with Crippen molar-refractivity contribution in [1.82, 2.24) is 10.3 Å². The van der Waals surface area contributed by atoms with E-state index in [1.165, 1.54) is 19.3 Å². The number of pyridine rings is 1. The number of amides is 1. The highest BCUT2D eigenvalue weighted by Crippen LogP contribution is 2.35. The van der Waals surface area contributed by atoms with Gasteiger partial charge in [0.2, 0.25) is 0 Å². The van der Waals surface area contributed by atoms with Crippen LogP contribution < -0.4 is 10.6 Å². The van der Waals surface area contributed by atoms with E-state index >= 15 is 0 Å². The van der Waals surface area contributed by atoms with Gasteiger partial charge in [0.05, 0.1) is 0 Å². The van der Waals surface area contributed by atoms with E-state index < -0.39 is 0 Å². The summed E-state index contributed by atoms with van der Waals surface area (Å²) in [6.07, 6.45) is 5.54. The van der Waals surface area contributed by atoms with Gasteiger partial charge in [-0.3, -0.25) is 4.79 Å². The molecule has 1 aliphatic carbocycles. The molecule has 0 aliphatic heterocycles. The van der Waals surface area contributed by atoms with Gasteiger partial charge in [0.25, 0.3) is 5.91 Å². The fraction of sp³-hybridized carbons (Fsp3) is 0.647. The van der Waals surface area contributed by atoms with Crippen LogP contribution in [0.25, 0.3) is 0 Å². The summed E-state index contributed by atoms with van der Waals surface area (Å²) >= 11 is 0. The number of aryl methyl sites for hydroxylation is 1. The van der Waals surface area contributed by atoms with Gasteiger partial charge in [-0.25, -0.2) is 4.98 Å². The molecule has 0 saturated heterocycles. The van der Waals surface area contributed by atoms with Crippen molar-refractivity contribution in [2.24, 2.45) is 5.41 Å². The summed E-state index contributed by atoms with van der Waals surface area (Å²) in [6, 6.07) is 3.98. The van der Waals surface area contributed by atoms with E-state index in [9.17, 15) is 4.79 Å². The Morgan fingerprint density at radius 2 is 2.14 bits per heavy atom. The van der Waals surface area contributed by atoms with Crippen LogP contribution in [0.2, 0.25) is 0 Å². The SMILES string of the molecule is CCc1cc(C(=O)NC2CCCCC2(C)C)cc(NC)n1. The molecule has 0 bridgehead atoms. The Morgan fingerprint density at radius 3 is 2.76 bits per heavy atom. The molecule has 116 valence electrons. The first kappa shape index (κ1) is 15.8. The first-order valence-electron chi connectivity index (χ1n) is 7.96. The summed E-state index contributed by atoms with van der Waals surface area (Å²) in [5.74, 6) is 0.769. The predicted octanol–water partition coefficient (Wildman–Crippen LogP) is 3.38. The normalized spacial score (nSPS) is 20.9. The maximum Gasteiger partial charge on any atom is 0.251 e. The monoisotopic (exact) mass is 289 g/mol. The lowest BCUT2D eigenvalue weighted by atomic mass is 9.73. The number of anilines is 1. The summed E-state index contributed by atoms with van der Waals surface area (Å²) in [6.45, 7) is 6.55. The van der Waals surface area contributed by atoms with E-state index in [4.69, 9.17) is 0 Å². The molecule has 0 radical (unpaired) electrons. The van der Waals surface area contributed by atoms with E-state index in [-0.39, 0.29) is 17.4 Å². The molecule has 1 atom stereocenters. The predicted molar refractivity (Wildman–Crippen MR) is 86.7 cm³/mol. The second kappa shape index (κ2) is 6.46. The van der Waals surface area contributed by atoms with Gasteiger partial charge in [-0.05, 0) is 36.8 Å². The van der Waals surface area contributed by atoms with E-state index in [0.29, 0.717) is 5.56 Å². The van der Waals surface area contributed by atoms with Crippen molar-refractivity contribution in [3.63, 3.8) is 0 Å². The molecule has 1 saturated carbocycles. The summed E-state index contributed by atoms with van der Waals surface area (Å²) in [7, 11) is 1.83. The molecular formula is C17H27N3O. The quantitative estimate of drug-likeness (QED) is 0.893. The highest BCUT2D eigenvalue weighted by Gasteiger charge is 2.33. The minimum atomic E-state index is 0.0172. The number of rotatable bonds is 4. The molecule has 1 amide bonds. The lowest BCUT2D eigenvalue weighted by Crippen LogP contribution is -2.46. The molecule has 0 spiro atoms. The molecule has 21 heavy (non-hydrogen) atoms. The molecule has 1 heterocycles. The van der Waals surface area contributed by atoms with Crippen molar-refractivity contribution in [2.75, 3.05) is 12.4 Å². The Labute approximate surface area is 127 Å². The van der Waals surface area contributed by atoms with Crippen LogP contribution >= 0.6 is 0 Å². The first-order chi connectivity index (χ1) is 9.96. The molecule has 1 fully saturated rings. The third kappa shape index (κ3) is 3.74. The number of nitrogens with zero attached hydrogens (tertiary/aromatic N) is 1. The number of nitrogens with one attached hydrogen (secondary N) is 2. The van der Waals surface area contributed by atoms with Crippen LogP contribution in [0.4, 0.5) is 5.82 Å². The van der Waals surface area contributed by atoms with Gasteiger partial charge in [0.15, 0.2) is 0 Å². The summed E-state index contributed by atoms with van der Waals surface area (Å²) < 4.78 is 0. The minimum Gasteiger partial charge on any atom is -0.373 e. The molecule has 1 aliphatic rings. The largest absolute Gasteiger partial charge is 0.373 e. The average Bonchev–Trinajstić information content (AvgIpc) is 2.48. The fourth-order valence-corrected chi connectivity index (χ4v) is 3.03. The first-order valence-corrected chi connectivity index (χ1v) is 7.96. The van der Waals surface area contributed by atoms with Gasteiger partial charge in [0, 0.05) is 24.3 Å². The summed E-state index contributed by atoms with van der Waals surface area (Å²) in [4.78, 5) is 17.0. The van der Waals surface area contributed by atoms with Crippen molar-refractivity contribution >= 4 is 11.7 Å². The number of carbonyl (C=O) groups excluding carboxylic acids is 1. The third-order valence-electron chi connectivity index (χ3n) is 4.57. The van der Waals surface area contributed by atoms with Gasteiger partial charge >= 0.3 is 0 Å². The molecule has 1 aromatic rings. The molecule has 2 N–H and O–H groups in total. The van der Waals surface area contributed by atoms with Crippen LogP contribution in [-0.4, -0.2) is 24.0 Å². The highest BCUT2D eigenvalue weighted by atomic mass is 16.1. The standard InChI is InChI=1S/C17H27N3O/c1-5-13-10-12(11-15(18-4)19-13)16(21)20-14-8-6-7-9-17(14,2)3/h10-11,14H,5-9H2,1-4H3,(H,18,19)(H,20,21). The molecule has 2 rings (SSSR count). The Morgan fingerprint density at radius 1 is 1.38 bits per heavy atom. The summed E-state index contributed by atoms with van der Waals surface area (Å²) in [5.41, 5.74) is 1.82. The van der Waals surface area contributed by atoms with Crippen LogP contribution in [0.3, 0.4) is 0 Å². The minimum absolute atomic E-state index is 0.0172. The molecule has 0 aromatic carbocycles. The second-order valence-corrected chi connectivity index (χ2v) is 6.60. The fourth-order valence-electron chi connectivity index (χ4n) is 3.03. The highest BCUT2D eigenvalue weighted by molar-refractivity contribution is 5.95. The van der Waals surface area contributed by atoms with E-state index in [1.54, 1.807) is 0 Å². The van der Waals surface area contributed by atoms with E-state index in [1.807, 2.05) is 26.1 Å². The van der Waals surface area contributed by atoms with Crippen LogP contribution in [0.1, 0.15) is 62.5 Å². The zero-order valence-electron chi connectivity index (χ0n) is 13.6. The number of hydrogen-bond donors (Lipinski definition) is 2. The molecule has 4 nitrogen and oxygen atoms in total. The van der Waals surface area contributed by atoms with E-state index in [0.717, 1.165) is 24.4 Å². The third-order valence-corrected chi connectivity index (χ3v) is 4.57. The van der Waals surface area contributed by atoms with Gasteiger partial charge in [0.1, 0.15) is 5.82 Å². The summed E-state index contributed by atoms with van der Waals surface area (Å²) in [5, 5.41) is 6.26. The lowest BCUT2D eigenvalue weighted by molar-refractivity contribution is 0.0853. The van der Waals surface area contributed by atoms with Crippen LogP contribution in [0, 0.1) is 5.41 Å². The average molecular weight is 289 g/mol. The smallest absolute Gasteiger partial charge is 0.251 e. The van der Waals surface area contributed by atoms with Gasteiger partial charge < -0.3 is 10.6 Å². The van der Waals surface area contributed by atoms with Crippen LogP contribution in [-0.2, 0) is 6.42 Å². The maximum atomic E-state index is 12.6. The zero-order chi connectivity index (χ0) is 15.5. The Balaban J connectivity index is 2.16. The van der Waals surface area contributed by atoms with Crippen molar-refractivity contribution in [1.29, 1.82) is 0 Å². The van der Waals surface area contributed by atoms with Crippen molar-refractivity contribution in [3.8, 4) is 0 Å². The second-order valence-electron chi connectivity index (χ2n) is 6.60. The van der Waals surface area contributed by atoms with Gasteiger partial charge in [-0.2, -0.15) is 0 Å². The number of aromatic nitrogens is 1. The van der Waals surface area contributed by atoms with Crippen molar-refractivity contribution in [2.45, 2.75) is 58.9 Å². The number of carbonyl (C=O) groups is 1. The molecular weight excluding hydrogens is 262 g/mol. The van der Waals surface area contributed by atoms with Gasteiger partial charge in [-0.15, -0.1) is 0 Å². The molecule has 4 heteroatoms. The van der Waals surface area contributed by atoms with Gasteiger partial charge in [-0.1, -0.05) is 33.6 Å². The molecule has 1 aromatic heterocycles. The Hall–Kier alpha value is -1.58. The Bertz CT molecular complexity index is 489.